The van der Waals surface area contributed by atoms with E-state index in [2.05, 4.69) is 38.3 Å². The van der Waals surface area contributed by atoms with Gasteiger partial charge in [0, 0.05) is 25.2 Å². The van der Waals surface area contributed by atoms with E-state index in [0.29, 0.717) is 11.8 Å². The maximum atomic E-state index is 11.1. The van der Waals surface area contributed by atoms with Crippen LogP contribution in [0, 0.1) is 34.5 Å². The summed E-state index contributed by atoms with van der Waals surface area (Å²) in [7, 11) is 0. The summed E-state index contributed by atoms with van der Waals surface area (Å²) in [5.74, 6) is 2.30. The molecule has 6 saturated carbocycles. The van der Waals surface area contributed by atoms with Gasteiger partial charge in [-0.15, -0.1) is 0 Å². The SMILES string of the molecule is CC1(C)[C@@H]2CC(NCCNC3C[C@@H]4C[C@@H](C4(C)C)[C@]3(C)O)[C@@](C)(O)[C@H]1C2. The molecule has 6 aliphatic carbocycles. The van der Waals surface area contributed by atoms with Crippen molar-refractivity contribution in [3.8, 4) is 0 Å². The molecule has 0 radical (unpaired) electrons. The molecule has 0 heterocycles. The van der Waals surface area contributed by atoms with E-state index in [-0.39, 0.29) is 22.9 Å². The first-order chi connectivity index (χ1) is 11.9. The first-order valence-electron chi connectivity index (χ1n) is 10.8. The highest BCUT2D eigenvalue weighted by molar-refractivity contribution is 5.15. The lowest BCUT2D eigenvalue weighted by atomic mass is 9.43. The van der Waals surface area contributed by atoms with E-state index in [1.807, 2.05) is 13.8 Å². The third-order valence-electron chi connectivity index (χ3n) is 9.71. The third-order valence-corrected chi connectivity index (χ3v) is 9.71. The molecule has 6 aliphatic rings. The number of hydrogen-bond acceptors (Lipinski definition) is 4. The van der Waals surface area contributed by atoms with E-state index in [1.165, 1.54) is 12.8 Å². The van der Waals surface area contributed by atoms with Gasteiger partial charge in [-0.2, -0.15) is 0 Å². The fourth-order valence-corrected chi connectivity index (χ4v) is 7.42. The van der Waals surface area contributed by atoms with Crippen LogP contribution in [0.4, 0.5) is 0 Å². The molecule has 2 unspecified atom stereocenters. The van der Waals surface area contributed by atoms with Gasteiger partial charge < -0.3 is 20.8 Å². The summed E-state index contributed by atoms with van der Waals surface area (Å²) in [5.41, 5.74) is -0.649. The van der Waals surface area contributed by atoms with Crippen molar-refractivity contribution in [2.24, 2.45) is 34.5 Å². The molecule has 4 N–H and O–H groups in total. The van der Waals surface area contributed by atoms with Crippen LogP contribution in [0.2, 0.25) is 0 Å². The van der Waals surface area contributed by atoms with E-state index in [1.54, 1.807) is 0 Å². The van der Waals surface area contributed by atoms with Crippen molar-refractivity contribution in [1.82, 2.24) is 10.6 Å². The van der Waals surface area contributed by atoms with Gasteiger partial charge in [0.15, 0.2) is 0 Å². The molecule has 8 atom stereocenters. The first kappa shape index (κ1) is 19.2. The Balaban J connectivity index is 1.27. The van der Waals surface area contributed by atoms with Crippen LogP contribution in [0.25, 0.3) is 0 Å². The Morgan fingerprint density at radius 1 is 0.654 bits per heavy atom. The number of hydrogen-bond donors (Lipinski definition) is 4. The molecule has 4 bridgehead atoms. The number of rotatable bonds is 5. The summed E-state index contributed by atoms with van der Waals surface area (Å²) in [5, 5.41) is 29.4. The zero-order valence-electron chi connectivity index (χ0n) is 17.6. The molecule has 0 spiro atoms. The summed E-state index contributed by atoms with van der Waals surface area (Å²) >= 11 is 0. The molecule has 0 saturated heterocycles. The van der Waals surface area contributed by atoms with Gasteiger partial charge in [0.25, 0.3) is 0 Å². The van der Waals surface area contributed by atoms with Crippen molar-refractivity contribution in [2.75, 3.05) is 13.1 Å². The fourth-order valence-electron chi connectivity index (χ4n) is 7.42. The number of nitrogens with one attached hydrogen (secondary N) is 2. The van der Waals surface area contributed by atoms with Crippen molar-refractivity contribution in [2.45, 2.75) is 90.5 Å². The zero-order chi connectivity index (χ0) is 19.1. The van der Waals surface area contributed by atoms with Gasteiger partial charge in [-0.1, -0.05) is 27.7 Å². The Bertz CT molecular complexity index is 518. The third kappa shape index (κ3) is 2.48. The average Bonchev–Trinajstić information content (AvgIpc) is 2.51. The highest BCUT2D eigenvalue weighted by Crippen LogP contribution is 2.63. The molecule has 4 heteroatoms. The Hall–Kier alpha value is -0.160. The lowest BCUT2D eigenvalue weighted by Crippen LogP contribution is -2.71. The molecule has 0 aliphatic heterocycles. The van der Waals surface area contributed by atoms with Crippen molar-refractivity contribution in [3.63, 3.8) is 0 Å². The van der Waals surface area contributed by atoms with E-state index in [0.717, 1.165) is 37.8 Å². The standard InChI is InChI=1S/C22H40N2O2/c1-19(2)13-9-15(19)21(5,25)17(11-13)23-7-8-24-18-12-14-10-16(20(14,3)4)22(18,6)26/h13-18,23-26H,7-12H2,1-6H3/t13-,14-,15-,16-,17?,18?,21-,22-/m0/s1. The molecule has 6 rings (SSSR count). The zero-order valence-corrected chi connectivity index (χ0v) is 17.6. The van der Waals surface area contributed by atoms with Gasteiger partial charge in [0.1, 0.15) is 0 Å². The van der Waals surface area contributed by atoms with Crippen LogP contribution in [0.5, 0.6) is 0 Å². The Kier molecular flexibility index (Phi) is 4.19. The van der Waals surface area contributed by atoms with Crippen molar-refractivity contribution < 1.29 is 10.2 Å². The van der Waals surface area contributed by atoms with E-state index < -0.39 is 11.2 Å². The second-order valence-corrected chi connectivity index (χ2v) is 11.5. The van der Waals surface area contributed by atoms with Gasteiger partial charge in [-0.3, -0.25) is 0 Å². The fraction of sp³-hybridized carbons (Fsp3) is 1.00. The monoisotopic (exact) mass is 364 g/mol. The van der Waals surface area contributed by atoms with Crippen molar-refractivity contribution >= 4 is 0 Å². The predicted molar refractivity (Wildman–Crippen MR) is 105 cm³/mol. The molecule has 0 aromatic carbocycles. The van der Waals surface area contributed by atoms with Crippen LogP contribution in [-0.4, -0.2) is 46.6 Å². The van der Waals surface area contributed by atoms with Gasteiger partial charge in [0.05, 0.1) is 11.2 Å². The summed E-state index contributed by atoms with van der Waals surface area (Å²) in [6.07, 6.45) is 4.52. The van der Waals surface area contributed by atoms with Crippen LogP contribution in [0.1, 0.15) is 67.2 Å². The maximum Gasteiger partial charge on any atom is 0.0805 e. The van der Waals surface area contributed by atoms with Gasteiger partial charge in [-0.05, 0) is 74.0 Å². The van der Waals surface area contributed by atoms with Gasteiger partial charge >= 0.3 is 0 Å². The Morgan fingerprint density at radius 2 is 1.00 bits per heavy atom. The van der Waals surface area contributed by atoms with E-state index >= 15 is 0 Å². The van der Waals surface area contributed by atoms with Crippen LogP contribution in [0.3, 0.4) is 0 Å². The highest BCUT2D eigenvalue weighted by atomic mass is 16.3. The summed E-state index contributed by atoms with van der Waals surface area (Å²) in [4.78, 5) is 0. The topological polar surface area (TPSA) is 64.5 Å². The van der Waals surface area contributed by atoms with Crippen molar-refractivity contribution in [1.29, 1.82) is 0 Å². The number of fused-ring (bicyclic) bond motifs is 4. The quantitative estimate of drug-likeness (QED) is 0.566. The minimum absolute atomic E-state index is 0.195. The number of aliphatic hydroxyl groups is 2. The predicted octanol–water partition coefficient (Wildman–Crippen LogP) is 2.54. The molecule has 4 nitrogen and oxygen atoms in total. The largest absolute Gasteiger partial charge is 0.388 e. The summed E-state index contributed by atoms with van der Waals surface area (Å²) < 4.78 is 0. The van der Waals surface area contributed by atoms with Crippen LogP contribution in [0.15, 0.2) is 0 Å². The molecule has 0 aromatic heterocycles. The van der Waals surface area contributed by atoms with Crippen LogP contribution < -0.4 is 10.6 Å². The highest BCUT2D eigenvalue weighted by Gasteiger charge is 2.63. The molecule has 0 aromatic rings. The van der Waals surface area contributed by atoms with E-state index in [4.69, 9.17) is 0 Å². The normalized spacial score (nSPS) is 53.5. The Morgan fingerprint density at radius 3 is 1.27 bits per heavy atom. The van der Waals surface area contributed by atoms with E-state index in [9.17, 15) is 10.2 Å². The molecule has 6 fully saturated rings. The van der Waals surface area contributed by atoms with Crippen LogP contribution in [-0.2, 0) is 0 Å². The average molecular weight is 365 g/mol. The molecular formula is C22H40N2O2. The summed E-state index contributed by atoms with van der Waals surface area (Å²) in [6.45, 7) is 15.0. The molecule has 0 amide bonds. The first-order valence-corrected chi connectivity index (χ1v) is 10.8. The summed E-state index contributed by atoms with van der Waals surface area (Å²) in [6, 6.07) is 0.389. The smallest absolute Gasteiger partial charge is 0.0805 e. The lowest BCUT2D eigenvalue weighted by molar-refractivity contribution is -0.211. The lowest BCUT2D eigenvalue weighted by Gasteiger charge is -2.65. The molecule has 150 valence electrons. The minimum atomic E-state index is -0.611. The Labute approximate surface area is 159 Å². The van der Waals surface area contributed by atoms with Crippen LogP contribution >= 0.6 is 0 Å². The second kappa shape index (κ2) is 5.68. The van der Waals surface area contributed by atoms with Gasteiger partial charge in [-0.25, -0.2) is 0 Å². The maximum absolute atomic E-state index is 11.1. The minimum Gasteiger partial charge on any atom is -0.388 e. The van der Waals surface area contributed by atoms with Gasteiger partial charge in [0.2, 0.25) is 0 Å². The second-order valence-electron chi connectivity index (χ2n) is 11.5. The molecular weight excluding hydrogens is 324 g/mol. The van der Waals surface area contributed by atoms with Crippen molar-refractivity contribution in [3.05, 3.63) is 0 Å². The molecule has 26 heavy (non-hydrogen) atoms.